The molecule has 0 N–H and O–H groups in total. The molecule has 172 valence electrons. The number of rotatable bonds is 8. The van der Waals surface area contributed by atoms with Gasteiger partial charge < -0.3 is 4.90 Å². The predicted octanol–water partition coefficient (Wildman–Crippen LogP) is 9.35. The fourth-order valence-electron chi connectivity index (χ4n) is 4.47. The molecule has 5 rings (SSSR count). The number of hydrogen-bond donors (Lipinski definition) is 0. The Kier molecular flexibility index (Phi) is 6.72. The van der Waals surface area contributed by atoms with Crippen LogP contribution in [0.25, 0.3) is 21.9 Å². The molecule has 0 amide bonds. The minimum absolute atomic E-state index is 0.225. The molecule has 0 aliphatic carbocycles. The SMILES string of the molecule is CCCCC(=O)c1ccc(-c2ccc(N(c3ccccc3)c3ccc4ccccc4c3)cc2)cc1. The van der Waals surface area contributed by atoms with Crippen LogP contribution in [0.5, 0.6) is 0 Å². The van der Waals surface area contributed by atoms with E-state index in [9.17, 15) is 4.79 Å². The van der Waals surface area contributed by atoms with E-state index < -0.39 is 0 Å². The van der Waals surface area contributed by atoms with Gasteiger partial charge in [-0.3, -0.25) is 4.79 Å². The highest BCUT2D eigenvalue weighted by Crippen LogP contribution is 2.36. The van der Waals surface area contributed by atoms with Crippen molar-refractivity contribution in [3.05, 3.63) is 127 Å². The first-order valence-electron chi connectivity index (χ1n) is 12.3. The Morgan fingerprint density at radius 2 is 1.17 bits per heavy atom. The van der Waals surface area contributed by atoms with Gasteiger partial charge in [0.15, 0.2) is 5.78 Å². The lowest BCUT2D eigenvalue weighted by molar-refractivity contribution is 0.0980. The summed E-state index contributed by atoms with van der Waals surface area (Å²) in [6.07, 6.45) is 2.60. The first kappa shape index (κ1) is 22.6. The maximum Gasteiger partial charge on any atom is 0.162 e. The van der Waals surface area contributed by atoms with E-state index in [1.54, 1.807) is 0 Å². The number of benzene rings is 5. The van der Waals surface area contributed by atoms with Gasteiger partial charge in [-0.15, -0.1) is 0 Å². The van der Waals surface area contributed by atoms with E-state index in [-0.39, 0.29) is 5.78 Å². The zero-order chi connectivity index (χ0) is 24.0. The minimum atomic E-state index is 0.225. The van der Waals surface area contributed by atoms with Crippen LogP contribution in [0.4, 0.5) is 17.1 Å². The molecule has 5 aromatic carbocycles. The smallest absolute Gasteiger partial charge is 0.162 e. The summed E-state index contributed by atoms with van der Waals surface area (Å²) in [4.78, 5) is 14.6. The molecule has 0 saturated heterocycles. The van der Waals surface area contributed by atoms with Gasteiger partial charge in [-0.2, -0.15) is 0 Å². The van der Waals surface area contributed by atoms with Crippen LogP contribution in [0.1, 0.15) is 36.5 Å². The molecule has 0 radical (unpaired) electrons. The molecule has 0 saturated carbocycles. The number of nitrogens with zero attached hydrogens (tertiary/aromatic N) is 1. The van der Waals surface area contributed by atoms with E-state index in [0.717, 1.165) is 46.6 Å². The lowest BCUT2D eigenvalue weighted by Gasteiger charge is -2.26. The summed E-state index contributed by atoms with van der Waals surface area (Å²) < 4.78 is 0. The second-order valence-electron chi connectivity index (χ2n) is 8.85. The Balaban J connectivity index is 1.46. The summed E-state index contributed by atoms with van der Waals surface area (Å²) in [6.45, 7) is 2.11. The van der Waals surface area contributed by atoms with E-state index >= 15 is 0 Å². The second-order valence-corrected chi connectivity index (χ2v) is 8.85. The molecule has 0 heterocycles. The number of para-hydroxylation sites is 1. The van der Waals surface area contributed by atoms with Crippen LogP contribution < -0.4 is 4.90 Å². The van der Waals surface area contributed by atoms with Crippen LogP contribution in [-0.4, -0.2) is 5.78 Å². The molecule has 35 heavy (non-hydrogen) atoms. The van der Waals surface area contributed by atoms with Crippen LogP contribution >= 0.6 is 0 Å². The van der Waals surface area contributed by atoms with E-state index in [1.807, 2.05) is 30.3 Å². The van der Waals surface area contributed by atoms with Gasteiger partial charge in [0.25, 0.3) is 0 Å². The molecular formula is C33H29NO. The van der Waals surface area contributed by atoms with Crippen molar-refractivity contribution in [2.45, 2.75) is 26.2 Å². The third-order valence-corrected chi connectivity index (χ3v) is 6.43. The number of Topliss-reactive ketones (excluding diaryl/α,β-unsaturated/α-hetero) is 1. The zero-order valence-electron chi connectivity index (χ0n) is 20.0. The van der Waals surface area contributed by atoms with Gasteiger partial charge in [-0.05, 0) is 64.7 Å². The highest BCUT2D eigenvalue weighted by atomic mass is 16.1. The lowest BCUT2D eigenvalue weighted by Crippen LogP contribution is -2.09. The highest BCUT2D eigenvalue weighted by Gasteiger charge is 2.13. The van der Waals surface area contributed by atoms with Gasteiger partial charge in [-0.1, -0.05) is 98.3 Å². The lowest BCUT2D eigenvalue weighted by atomic mass is 10.00. The topological polar surface area (TPSA) is 20.3 Å². The number of anilines is 3. The Hall–Kier alpha value is -4.17. The fraction of sp³-hybridized carbons (Fsp3) is 0.121. The maximum atomic E-state index is 12.3. The summed E-state index contributed by atoms with van der Waals surface area (Å²) in [5.74, 6) is 0.225. The predicted molar refractivity (Wildman–Crippen MR) is 148 cm³/mol. The first-order chi connectivity index (χ1) is 17.2. The van der Waals surface area contributed by atoms with Crippen molar-refractivity contribution in [2.24, 2.45) is 0 Å². The first-order valence-corrected chi connectivity index (χ1v) is 12.3. The monoisotopic (exact) mass is 455 g/mol. The van der Waals surface area contributed by atoms with Crippen LogP contribution in [0.3, 0.4) is 0 Å². The molecule has 0 aliphatic rings. The van der Waals surface area contributed by atoms with Crippen molar-refractivity contribution in [2.75, 3.05) is 4.90 Å². The van der Waals surface area contributed by atoms with E-state index in [0.29, 0.717) is 6.42 Å². The second kappa shape index (κ2) is 10.4. The Labute approximate surface area is 207 Å². The number of carbonyl (C=O) groups is 1. The maximum absolute atomic E-state index is 12.3. The molecule has 5 aromatic rings. The average molecular weight is 456 g/mol. The van der Waals surface area contributed by atoms with Crippen LogP contribution in [0, 0.1) is 0 Å². The van der Waals surface area contributed by atoms with Crippen molar-refractivity contribution in [3.63, 3.8) is 0 Å². The van der Waals surface area contributed by atoms with Crippen molar-refractivity contribution in [1.82, 2.24) is 0 Å². The molecule has 0 aromatic heterocycles. The van der Waals surface area contributed by atoms with Crippen molar-refractivity contribution in [3.8, 4) is 11.1 Å². The quantitative estimate of drug-likeness (QED) is 0.217. The van der Waals surface area contributed by atoms with Gasteiger partial charge >= 0.3 is 0 Å². The van der Waals surface area contributed by atoms with Crippen molar-refractivity contribution >= 4 is 33.6 Å². The Morgan fingerprint density at radius 3 is 1.86 bits per heavy atom. The molecule has 2 heteroatoms. The minimum Gasteiger partial charge on any atom is -0.310 e. The third-order valence-electron chi connectivity index (χ3n) is 6.43. The largest absolute Gasteiger partial charge is 0.310 e. The summed E-state index contributed by atoms with van der Waals surface area (Å²) in [7, 11) is 0. The summed E-state index contributed by atoms with van der Waals surface area (Å²) in [5.41, 5.74) is 6.38. The van der Waals surface area contributed by atoms with Gasteiger partial charge in [0, 0.05) is 29.0 Å². The normalized spacial score (nSPS) is 10.9. The number of hydrogen-bond acceptors (Lipinski definition) is 2. The van der Waals surface area contributed by atoms with Crippen LogP contribution in [-0.2, 0) is 0 Å². The Bertz CT molecular complexity index is 1420. The van der Waals surface area contributed by atoms with Crippen LogP contribution in [0.2, 0.25) is 0 Å². The summed E-state index contributed by atoms with van der Waals surface area (Å²) in [5, 5.41) is 2.45. The number of carbonyl (C=O) groups excluding carboxylic acids is 1. The van der Waals surface area contributed by atoms with Crippen LogP contribution in [0.15, 0.2) is 121 Å². The van der Waals surface area contributed by atoms with Crippen molar-refractivity contribution in [1.29, 1.82) is 0 Å². The molecular weight excluding hydrogens is 426 g/mol. The zero-order valence-corrected chi connectivity index (χ0v) is 20.0. The van der Waals surface area contributed by atoms with E-state index in [4.69, 9.17) is 0 Å². The molecule has 0 bridgehead atoms. The summed E-state index contributed by atoms with van der Waals surface area (Å²) in [6, 6.07) is 42.1. The van der Waals surface area contributed by atoms with E-state index in [2.05, 4.69) is 103 Å². The highest BCUT2D eigenvalue weighted by molar-refractivity contribution is 5.96. The number of unbranched alkanes of at least 4 members (excludes halogenated alkanes) is 1. The van der Waals surface area contributed by atoms with Gasteiger partial charge in [-0.25, -0.2) is 0 Å². The number of fused-ring (bicyclic) bond motifs is 1. The number of ketones is 1. The molecule has 0 aliphatic heterocycles. The fourth-order valence-corrected chi connectivity index (χ4v) is 4.47. The molecule has 0 spiro atoms. The van der Waals surface area contributed by atoms with Gasteiger partial charge in [0.2, 0.25) is 0 Å². The molecule has 0 unspecified atom stereocenters. The standard InChI is InChI=1S/C33H29NO/c1-2-3-13-33(35)28-16-14-26(15-17-28)27-18-21-31(22-19-27)34(30-11-5-4-6-12-30)32-23-20-25-9-7-8-10-29(25)24-32/h4-12,14-24H,2-3,13H2,1H3. The third kappa shape index (κ3) is 5.02. The van der Waals surface area contributed by atoms with Gasteiger partial charge in [0.05, 0.1) is 0 Å². The Morgan fingerprint density at radius 1 is 0.600 bits per heavy atom. The van der Waals surface area contributed by atoms with E-state index in [1.165, 1.54) is 10.8 Å². The molecule has 0 fully saturated rings. The van der Waals surface area contributed by atoms with Gasteiger partial charge in [0.1, 0.15) is 0 Å². The molecule has 0 atom stereocenters. The van der Waals surface area contributed by atoms with Crippen molar-refractivity contribution < 1.29 is 4.79 Å². The molecule has 2 nitrogen and oxygen atoms in total. The average Bonchev–Trinajstić information content (AvgIpc) is 2.93. The summed E-state index contributed by atoms with van der Waals surface area (Å²) >= 11 is 0.